The van der Waals surface area contributed by atoms with Crippen LogP contribution in [0.4, 0.5) is 0 Å². The molecule has 96 valence electrons. The van der Waals surface area contributed by atoms with Crippen molar-refractivity contribution in [3.05, 3.63) is 12.3 Å². The minimum absolute atomic E-state index is 0.269. The SMILES string of the molecule is O=C1C=CN([C@@H]2O[C@H](CO)[C@@H](O)[C@H]2O)[C@H](Br)N1. The second-order valence-electron chi connectivity index (χ2n) is 3.84. The largest absolute Gasteiger partial charge is 0.394 e. The summed E-state index contributed by atoms with van der Waals surface area (Å²) in [6.45, 7) is -0.383. The van der Waals surface area contributed by atoms with E-state index < -0.39 is 29.6 Å². The molecule has 0 aromatic rings. The van der Waals surface area contributed by atoms with E-state index in [-0.39, 0.29) is 12.5 Å². The smallest absolute Gasteiger partial charge is 0.247 e. The molecule has 8 heteroatoms. The molecular weight excluding hydrogens is 296 g/mol. The van der Waals surface area contributed by atoms with Gasteiger partial charge in [-0.1, -0.05) is 0 Å². The van der Waals surface area contributed by atoms with Gasteiger partial charge in [0.2, 0.25) is 5.91 Å². The lowest BCUT2D eigenvalue weighted by atomic mass is 10.1. The van der Waals surface area contributed by atoms with Crippen LogP contribution in [0.25, 0.3) is 0 Å². The zero-order valence-corrected chi connectivity index (χ0v) is 10.3. The third-order valence-corrected chi connectivity index (χ3v) is 3.43. The molecule has 1 amide bonds. The summed E-state index contributed by atoms with van der Waals surface area (Å²) in [7, 11) is 0. The van der Waals surface area contributed by atoms with Crippen LogP contribution in [0.5, 0.6) is 0 Å². The van der Waals surface area contributed by atoms with Crippen molar-refractivity contribution in [3.8, 4) is 0 Å². The van der Waals surface area contributed by atoms with Crippen LogP contribution >= 0.6 is 15.9 Å². The zero-order chi connectivity index (χ0) is 12.6. The predicted octanol–water partition coefficient (Wildman–Crippen LogP) is -1.95. The molecule has 17 heavy (non-hydrogen) atoms. The molecule has 5 atom stereocenters. The molecule has 0 saturated carbocycles. The van der Waals surface area contributed by atoms with E-state index in [1.807, 2.05) is 0 Å². The molecule has 2 heterocycles. The van der Waals surface area contributed by atoms with Crippen LogP contribution < -0.4 is 5.32 Å². The van der Waals surface area contributed by atoms with E-state index in [2.05, 4.69) is 21.2 Å². The fourth-order valence-corrected chi connectivity index (χ4v) is 2.40. The highest BCUT2D eigenvalue weighted by Gasteiger charge is 2.46. The monoisotopic (exact) mass is 308 g/mol. The summed E-state index contributed by atoms with van der Waals surface area (Å²) in [6.07, 6.45) is -1.24. The highest BCUT2D eigenvalue weighted by Crippen LogP contribution is 2.27. The fraction of sp³-hybridized carbons (Fsp3) is 0.667. The highest BCUT2D eigenvalue weighted by atomic mass is 79.9. The number of aliphatic hydroxyl groups excluding tert-OH is 3. The van der Waals surface area contributed by atoms with Gasteiger partial charge in [-0.2, -0.15) is 0 Å². The number of carbonyl (C=O) groups is 1. The Morgan fingerprint density at radius 1 is 1.47 bits per heavy atom. The van der Waals surface area contributed by atoms with Crippen LogP contribution in [0.1, 0.15) is 0 Å². The molecule has 0 aromatic carbocycles. The average molecular weight is 309 g/mol. The minimum Gasteiger partial charge on any atom is -0.394 e. The van der Waals surface area contributed by atoms with Crippen molar-refractivity contribution in [1.82, 2.24) is 10.2 Å². The van der Waals surface area contributed by atoms with Gasteiger partial charge in [-0.05, 0) is 15.9 Å². The van der Waals surface area contributed by atoms with Crippen molar-refractivity contribution >= 4 is 21.8 Å². The van der Waals surface area contributed by atoms with E-state index in [9.17, 15) is 15.0 Å². The third kappa shape index (κ3) is 2.31. The van der Waals surface area contributed by atoms with Gasteiger partial charge in [-0.15, -0.1) is 0 Å². The van der Waals surface area contributed by atoms with Crippen LogP contribution in [-0.4, -0.2) is 62.3 Å². The van der Waals surface area contributed by atoms with Gasteiger partial charge in [-0.3, -0.25) is 4.79 Å². The second kappa shape index (κ2) is 4.91. The normalized spacial score (nSPS) is 41.8. The number of hydrogen-bond acceptors (Lipinski definition) is 6. The molecule has 4 N–H and O–H groups in total. The maximum absolute atomic E-state index is 11.1. The van der Waals surface area contributed by atoms with Gasteiger partial charge in [0.05, 0.1) is 6.61 Å². The van der Waals surface area contributed by atoms with Gasteiger partial charge in [0.25, 0.3) is 0 Å². The average Bonchev–Trinajstić information content (AvgIpc) is 2.57. The Hall–Kier alpha value is -0.670. The summed E-state index contributed by atoms with van der Waals surface area (Å²) in [4.78, 5) is 12.6. The van der Waals surface area contributed by atoms with E-state index in [0.717, 1.165) is 0 Å². The Morgan fingerprint density at radius 3 is 2.71 bits per heavy atom. The summed E-state index contributed by atoms with van der Waals surface area (Å²) in [5.74, 6) is -0.269. The van der Waals surface area contributed by atoms with Crippen LogP contribution in [-0.2, 0) is 9.53 Å². The lowest BCUT2D eigenvalue weighted by Crippen LogP contribution is -2.52. The Balaban J connectivity index is 2.13. The quantitative estimate of drug-likeness (QED) is 0.349. The number of carbonyl (C=O) groups excluding carboxylic acids is 1. The van der Waals surface area contributed by atoms with E-state index in [1.54, 1.807) is 0 Å². The molecule has 0 spiro atoms. The predicted molar refractivity (Wildman–Crippen MR) is 59.6 cm³/mol. The molecular formula is C9H13BrN2O5. The number of alkyl halides is 1. The number of ether oxygens (including phenoxy) is 1. The molecule has 1 fully saturated rings. The standard InChI is InChI=1S/C9H13BrN2O5/c10-9-11-5(14)1-2-12(9)8-7(16)6(15)4(3-13)17-8/h1-2,4,6-9,13,15-16H,3H2,(H,11,14)/t4-,6-,7-,8-,9-/m1/s1. The molecule has 0 bridgehead atoms. The fourth-order valence-electron chi connectivity index (χ4n) is 1.81. The second-order valence-corrected chi connectivity index (χ2v) is 4.70. The molecule has 7 nitrogen and oxygen atoms in total. The molecule has 0 aromatic heterocycles. The Bertz CT molecular complexity index is 339. The number of hydrogen-bond donors (Lipinski definition) is 4. The Morgan fingerprint density at radius 2 is 2.18 bits per heavy atom. The molecule has 2 aliphatic rings. The number of aliphatic hydroxyl groups is 3. The summed E-state index contributed by atoms with van der Waals surface area (Å²) in [6, 6.07) is 0. The van der Waals surface area contributed by atoms with Crippen molar-refractivity contribution in [2.24, 2.45) is 0 Å². The minimum atomic E-state index is -1.16. The van der Waals surface area contributed by atoms with Gasteiger partial charge < -0.3 is 30.3 Å². The van der Waals surface area contributed by atoms with E-state index in [0.29, 0.717) is 0 Å². The van der Waals surface area contributed by atoms with Crippen LogP contribution in [0.15, 0.2) is 12.3 Å². The van der Waals surface area contributed by atoms with Crippen molar-refractivity contribution in [2.45, 2.75) is 29.6 Å². The number of nitrogens with one attached hydrogen (secondary N) is 1. The van der Waals surface area contributed by atoms with Crippen LogP contribution in [0.2, 0.25) is 0 Å². The van der Waals surface area contributed by atoms with Crippen molar-refractivity contribution < 1.29 is 24.9 Å². The molecule has 1 saturated heterocycles. The summed E-state index contributed by atoms with van der Waals surface area (Å²) in [5.41, 5.74) is 0. The lowest BCUT2D eigenvalue weighted by Gasteiger charge is -2.35. The van der Waals surface area contributed by atoms with Gasteiger partial charge >= 0.3 is 0 Å². The summed E-state index contributed by atoms with van der Waals surface area (Å²) < 4.78 is 5.32. The molecule has 2 rings (SSSR count). The summed E-state index contributed by atoms with van der Waals surface area (Å²) in [5, 5.41) is 30.4. The number of halogens is 1. The number of amides is 1. The lowest BCUT2D eigenvalue weighted by molar-refractivity contribution is -0.122. The maximum atomic E-state index is 11.1. The first-order chi connectivity index (χ1) is 8.04. The first kappa shape index (κ1) is 12.8. The number of nitrogens with zero attached hydrogens (tertiary/aromatic N) is 1. The maximum Gasteiger partial charge on any atom is 0.247 e. The van der Waals surface area contributed by atoms with Gasteiger partial charge in [0, 0.05) is 12.3 Å². The van der Waals surface area contributed by atoms with Gasteiger partial charge in [0.15, 0.2) is 11.3 Å². The first-order valence-electron chi connectivity index (χ1n) is 5.07. The Kier molecular flexibility index (Phi) is 3.69. The topological polar surface area (TPSA) is 102 Å². The summed E-state index contributed by atoms with van der Waals surface area (Å²) >= 11 is 3.20. The molecule has 2 aliphatic heterocycles. The molecule has 0 radical (unpaired) electrons. The highest BCUT2D eigenvalue weighted by molar-refractivity contribution is 9.09. The van der Waals surface area contributed by atoms with E-state index >= 15 is 0 Å². The molecule has 0 unspecified atom stereocenters. The van der Waals surface area contributed by atoms with E-state index in [1.165, 1.54) is 17.2 Å². The van der Waals surface area contributed by atoms with Gasteiger partial charge in [-0.25, -0.2) is 0 Å². The zero-order valence-electron chi connectivity index (χ0n) is 8.73. The van der Waals surface area contributed by atoms with E-state index in [4.69, 9.17) is 9.84 Å². The van der Waals surface area contributed by atoms with Crippen LogP contribution in [0, 0.1) is 0 Å². The third-order valence-electron chi connectivity index (χ3n) is 2.73. The van der Waals surface area contributed by atoms with Gasteiger partial charge in [0.1, 0.15) is 18.3 Å². The first-order valence-corrected chi connectivity index (χ1v) is 5.99. The molecule has 0 aliphatic carbocycles. The van der Waals surface area contributed by atoms with Crippen molar-refractivity contribution in [2.75, 3.05) is 6.61 Å². The van der Waals surface area contributed by atoms with Crippen molar-refractivity contribution in [1.29, 1.82) is 0 Å². The number of rotatable bonds is 2. The van der Waals surface area contributed by atoms with Crippen LogP contribution in [0.3, 0.4) is 0 Å². The Labute approximate surface area is 106 Å². The van der Waals surface area contributed by atoms with Crippen molar-refractivity contribution in [3.63, 3.8) is 0 Å².